The van der Waals surface area contributed by atoms with E-state index in [4.69, 9.17) is 4.42 Å². The van der Waals surface area contributed by atoms with E-state index in [1.807, 2.05) is 68.4 Å². The second-order valence-electron chi connectivity index (χ2n) is 7.74. The Morgan fingerprint density at radius 2 is 1.78 bits per heavy atom. The minimum Gasteiger partial charge on any atom is -0.467 e. The summed E-state index contributed by atoms with van der Waals surface area (Å²) in [5, 5.41) is 11.2. The summed E-state index contributed by atoms with van der Waals surface area (Å²) >= 11 is 0. The molecular weight excluding hydrogens is 406 g/mol. The fourth-order valence-corrected chi connectivity index (χ4v) is 3.73. The van der Waals surface area contributed by atoms with Crippen LogP contribution in [0.3, 0.4) is 0 Å². The highest BCUT2D eigenvalue weighted by molar-refractivity contribution is 5.89. The Morgan fingerprint density at radius 1 is 1.03 bits per heavy atom. The van der Waals surface area contributed by atoms with Gasteiger partial charge in [0, 0.05) is 6.04 Å². The van der Waals surface area contributed by atoms with Crippen molar-refractivity contribution in [3.05, 3.63) is 84.3 Å². The highest BCUT2D eigenvalue weighted by atomic mass is 16.3. The number of furan rings is 1. The van der Waals surface area contributed by atoms with Crippen LogP contribution in [0.25, 0.3) is 11.0 Å². The molecule has 2 aromatic heterocycles. The number of fused-ring (bicyclic) bond motifs is 1. The van der Waals surface area contributed by atoms with Crippen LogP contribution in [-0.4, -0.2) is 37.7 Å². The molecule has 1 unspecified atom stereocenters. The molecule has 2 amide bonds. The Morgan fingerprint density at radius 3 is 2.50 bits per heavy atom. The summed E-state index contributed by atoms with van der Waals surface area (Å²) < 4.78 is 6.89. The Hall–Kier alpha value is -3.94. The van der Waals surface area contributed by atoms with Crippen molar-refractivity contribution < 1.29 is 14.0 Å². The second kappa shape index (κ2) is 9.47. The van der Waals surface area contributed by atoms with Crippen molar-refractivity contribution in [3.63, 3.8) is 0 Å². The van der Waals surface area contributed by atoms with Crippen LogP contribution < -0.4 is 5.32 Å². The van der Waals surface area contributed by atoms with Crippen LogP contribution in [0, 0.1) is 0 Å². The second-order valence-corrected chi connectivity index (χ2v) is 7.74. The first-order valence-corrected chi connectivity index (χ1v) is 10.5. The average Bonchev–Trinajstić information content (AvgIpc) is 3.46. The van der Waals surface area contributed by atoms with E-state index in [2.05, 4.69) is 15.6 Å². The number of carbonyl (C=O) groups is 2. The van der Waals surface area contributed by atoms with Crippen molar-refractivity contribution in [2.45, 2.75) is 39.0 Å². The molecule has 164 valence electrons. The number of nitrogens with zero attached hydrogens (tertiary/aromatic N) is 4. The fraction of sp³-hybridized carbons (Fsp3) is 0.250. The van der Waals surface area contributed by atoms with Gasteiger partial charge in [0.2, 0.25) is 11.8 Å². The summed E-state index contributed by atoms with van der Waals surface area (Å²) in [4.78, 5) is 28.4. The van der Waals surface area contributed by atoms with Crippen molar-refractivity contribution in [1.82, 2.24) is 25.2 Å². The third-order valence-electron chi connectivity index (χ3n) is 5.21. The third-order valence-corrected chi connectivity index (χ3v) is 5.21. The van der Waals surface area contributed by atoms with Crippen LogP contribution >= 0.6 is 0 Å². The maximum absolute atomic E-state index is 13.5. The van der Waals surface area contributed by atoms with E-state index in [1.165, 1.54) is 0 Å². The lowest BCUT2D eigenvalue weighted by Crippen LogP contribution is -2.48. The lowest BCUT2D eigenvalue weighted by molar-refractivity contribution is -0.143. The lowest BCUT2D eigenvalue weighted by atomic mass is 10.0. The Labute approximate surface area is 185 Å². The average molecular weight is 431 g/mol. The number of carbonyl (C=O) groups excluding carboxylic acids is 2. The minimum atomic E-state index is -0.798. The number of amides is 2. The molecule has 2 aromatic carbocycles. The number of aromatic nitrogens is 3. The van der Waals surface area contributed by atoms with Gasteiger partial charge >= 0.3 is 0 Å². The zero-order valence-electron chi connectivity index (χ0n) is 18.0. The number of hydrogen-bond donors (Lipinski definition) is 1. The maximum Gasteiger partial charge on any atom is 0.247 e. The number of rotatable bonds is 8. The van der Waals surface area contributed by atoms with Gasteiger partial charge in [-0.3, -0.25) is 9.59 Å². The van der Waals surface area contributed by atoms with Gasteiger partial charge in [0.25, 0.3) is 0 Å². The molecule has 1 atom stereocenters. The highest BCUT2D eigenvalue weighted by Crippen LogP contribution is 2.25. The van der Waals surface area contributed by atoms with E-state index in [0.29, 0.717) is 11.3 Å². The molecule has 0 bridgehead atoms. The van der Waals surface area contributed by atoms with Crippen molar-refractivity contribution in [3.8, 4) is 0 Å². The predicted octanol–water partition coefficient (Wildman–Crippen LogP) is 3.32. The molecule has 4 rings (SSSR count). The van der Waals surface area contributed by atoms with E-state index < -0.39 is 6.04 Å². The standard InChI is InChI=1S/C24H25N5O3/c1-17(2)29(22(30)16-28-21-13-7-6-12-20(21)26-27-28)23(18-9-4-3-5-10-18)24(31)25-15-19-11-8-14-32-19/h3-14,17,23H,15-16H2,1-2H3,(H,25,31). The lowest BCUT2D eigenvalue weighted by Gasteiger charge is -2.34. The molecule has 4 aromatic rings. The molecule has 0 saturated carbocycles. The maximum atomic E-state index is 13.5. The summed E-state index contributed by atoms with van der Waals surface area (Å²) in [6.07, 6.45) is 1.56. The molecule has 0 aliphatic carbocycles. The zero-order valence-corrected chi connectivity index (χ0v) is 18.0. The molecule has 1 N–H and O–H groups in total. The van der Waals surface area contributed by atoms with Gasteiger partial charge in [0.05, 0.1) is 18.3 Å². The minimum absolute atomic E-state index is 0.0203. The SMILES string of the molecule is CC(C)N(C(=O)Cn1nnc2ccccc21)C(C(=O)NCc1ccco1)c1ccccc1. The van der Waals surface area contributed by atoms with Crippen LogP contribution in [0.5, 0.6) is 0 Å². The van der Waals surface area contributed by atoms with Crippen LogP contribution in [-0.2, 0) is 22.7 Å². The van der Waals surface area contributed by atoms with Crippen molar-refractivity contribution in [2.24, 2.45) is 0 Å². The summed E-state index contributed by atoms with van der Waals surface area (Å²) in [5.41, 5.74) is 2.21. The predicted molar refractivity (Wildman–Crippen MR) is 119 cm³/mol. The Balaban J connectivity index is 1.62. The largest absolute Gasteiger partial charge is 0.467 e. The van der Waals surface area contributed by atoms with E-state index in [0.717, 1.165) is 11.1 Å². The molecule has 8 nitrogen and oxygen atoms in total. The monoisotopic (exact) mass is 431 g/mol. The van der Waals surface area contributed by atoms with Crippen LogP contribution in [0.4, 0.5) is 0 Å². The highest BCUT2D eigenvalue weighted by Gasteiger charge is 2.33. The van der Waals surface area contributed by atoms with Gasteiger partial charge in [-0.05, 0) is 43.7 Å². The number of hydrogen-bond acceptors (Lipinski definition) is 5. The first-order chi connectivity index (χ1) is 15.5. The molecule has 8 heteroatoms. The molecule has 0 radical (unpaired) electrons. The number of para-hydroxylation sites is 1. The summed E-state index contributed by atoms with van der Waals surface area (Å²) in [7, 11) is 0. The van der Waals surface area contributed by atoms with Gasteiger partial charge in [-0.25, -0.2) is 4.68 Å². The fourth-order valence-electron chi connectivity index (χ4n) is 3.73. The van der Waals surface area contributed by atoms with Crippen LogP contribution in [0.1, 0.15) is 31.2 Å². The van der Waals surface area contributed by atoms with Gasteiger partial charge in [0.15, 0.2) is 0 Å². The first kappa shape index (κ1) is 21.3. The molecule has 0 fully saturated rings. The van der Waals surface area contributed by atoms with Crippen molar-refractivity contribution in [2.75, 3.05) is 0 Å². The van der Waals surface area contributed by atoms with Crippen LogP contribution in [0.15, 0.2) is 77.4 Å². The summed E-state index contributed by atoms with van der Waals surface area (Å²) in [6, 6.07) is 19.3. The molecule has 0 spiro atoms. The van der Waals surface area contributed by atoms with Crippen molar-refractivity contribution in [1.29, 1.82) is 0 Å². The van der Waals surface area contributed by atoms with Crippen molar-refractivity contribution >= 4 is 22.8 Å². The normalized spacial score (nSPS) is 12.1. The topological polar surface area (TPSA) is 93.3 Å². The van der Waals surface area contributed by atoms with Gasteiger partial charge < -0.3 is 14.6 Å². The quantitative estimate of drug-likeness (QED) is 0.462. The van der Waals surface area contributed by atoms with Gasteiger partial charge in [0.1, 0.15) is 23.9 Å². The molecule has 32 heavy (non-hydrogen) atoms. The summed E-state index contributed by atoms with van der Waals surface area (Å²) in [6.45, 7) is 4.01. The van der Waals surface area contributed by atoms with Gasteiger partial charge in [-0.1, -0.05) is 47.7 Å². The zero-order chi connectivity index (χ0) is 22.5. The van der Waals surface area contributed by atoms with E-state index in [-0.39, 0.29) is 30.9 Å². The Kier molecular flexibility index (Phi) is 6.30. The molecule has 2 heterocycles. The van der Waals surface area contributed by atoms with E-state index in [1.54, 1.807) is 28.0 Å². The van der Waals surface area contributed by atoms with E-state index >= 15 is 0 Å². The smallest absolute Gasteiger partial charge is 0.247 e. The third kappa shape index (κ3) is 4.54. The van der Waals surface area contributed by atoms with Crippen LogP contribution in [0.2, 0.25) is 0 Å². The number of nitrogens with one attached hydrogen (secondary N) is 1. The molecular formula is C24H25N5O3. The molecule has 0 aliphatic rings. The first-order valence-electron chi connectivity index (χ1n) is 10.5. The van der Waals surface area contributed by atoms with Gasteiger partial charge in [-0.2, -0.15) is 0 Å². The molecule has 0 saturated heterocycles. The Bertz CT molecular complexity index is 1180. The van der Waals surface area contributed by atoms with E-state index in [9.17, 15) is 9.59 Å². The van der Waals surface area contributed by atoms with Gasteiger partial charge in [-0.15, -0.1) is 5.10 Å². The number of benzene rings is 2. The molecule has 0 aliphatic heterocycles. The summed E-state index contributed by atoms with van der Waals surface area (Å²) in [5.74, 6) is 0.137.